The van der Waals surface area contributed by atoms with Gasteiger partial charge in [0, 0.05) is 59.9 Å². The van der Waals surface area contributed by atoms with E-state index in [1.807, 2.05) is 49.6 Å². The Bertz CT molecular complexity index is 1950. The van der Waals surface area contributed by atoms with E-state index >= 15 is 0 Å². The highest BCUT2D eigenvalue weighted by Crippen LogP contribution is 2.44. The molecule has 1 fully saturated rings. The van der Waals surface area contributed by atoms with E-state index in [9.17, 15) is 8.78 Å². The summed E-state index contributed by atoms with van der Waals surface area (Å²) in [5, 5.41) is 1.44. The van der Waals surface area contributed by atoms with E-state index in [4.69, 9.17) is 32.3 Å². The normalized spacial score (nSPS) is 15.1. The fourth-order valence-electron chi connectivity index (χ4n) is 6.03. The first-order valence-electron chi connectivity index (χ1n) is 14.3. The molecule has 0 aliphatic carbocycles. The number of H-pyrrole nitrogens is 1. The first kappa shape index (κ1) is 27.5. The smallest absolute Gasteiger partial charge is 0.143 e. The molecule has 6 aromatic rings. The molecule has 3 N–H and O–H groups in total. The largest absolute Gasteiger partial charge is 0.370 e. The zero-order valence-electron chi connectivity index (χ0n) is 23.8. The van der Waals surface area contributed by atoms with Gasteiger partial charge in [-0.05, 0) is 74.2 Å². The summed E-state index contributed by atoms with van der Waals surface area (Å²) in [6.07, 6.45) is 7.20. The maximum Gasteiger partial charge on any atom is 0.143 e. The lowest BCUT2D eigenvalue weighted by molar-refractivity contribution is 0.502. The lowest BCUT2D eigenvalue weighted by Crippen LogP contribution is -2.40. The highest BCUT2D eigenvalue weighted by atomic mass is 35.5. The molecule has 1 saturated heterocycles. The van der Waals surface area contributed by atoms with Crippen molar-refractivity contribution < 1.29 is 8.78 Å². The number of benzene rings is 2. The summed E-state index contributed by atoms with van der Waals surface area (Å²) < 4.78 is 31.2. The third-order valence-corrected chi connectivity index (χ3v) is 8.56. The van der Waals surface area contributed by atoms with Gasteiger partial charge in [0.2, 0.25) is 0 Å². The molecule has 5 heterocycles. The molecule has 7 rings (SSSR count). The predicted molar refractivity (Wildman–Crippen MR) is 167 cm³/mol. The Balaban J connectivity index is 1.54. The summed E-state index contributed by atoms with van der Waals surface area (Å²) in [6.45, 7) is 5.48. The highest BCUT2D eigenvalue weighted by Gasteiger charge is 2.28. The van der Waals surface area contributed by atoms with Gasteiger partial charge in [-0.2, -0.15) is 0 Å². The molecule has 1 aliphatic rings. The summed E-state index contributed by atoms with van der Waals surface area (Å²) in [6, 6.07) is 13.1. The van der Waals surface area contributed by atoms with E-state index in [1.54, 1.807) is 6.20 Å². The van der Waals surface area contributed by atoms with E-state index in [2.05, 4.69) is 21.4 Å². The van der Waals surface area contributed by atoms with Crippen LogP contribution in [0.3, 0.4) is 0 Å². The van der Waals surface area contributed by atoms with Crippen molar-refractivity contribution in [3.05, 3.63) is 95.0 Å². The highest BCUT2D eigenvalue weighted by molar-refractivity contribution is 6.31. The Morgan fingerprint density at radius 3 is 2.47 bits per heavy atom. The number of halogens is 3. The van der Waals surface area contributed by atoms with Crippen LogP contribution in [-0.2, 0) is 0 Å². The molecule has 0 amide bonds. The third-order valence-electron chi connectivity index (χ3n) is 8.32. The molecule has 0 saturated carbocycles. The minimum Gasteiger partial charge on any atom is -0.370 e. The summed E-state index contributed by atoms with van der Waals surface area (Å²) in [5.74, 6) is -0.648. The summed E-state index contributed by atoms with van der Waals surface area (Å²) in [4.78, 5) is 20.3. The Labute approximate surface area is 252 Å². The maximum atomic E-state index is 14.5. The number of pyridine rings is 2. The summed E-state index contributed by atoms with van der Waals surface area (Å²) in [7, 11) is 0. The number of aromatic amines is 1. The number of hydrogen-bond donors (Lipinski definition) is 2. The Hall–Kier alpha value is -4.34. The number of rotatable bonds is 5. The molecule has 0 bridgehead atoms. The van der Waals surface area contributed by atoms with Crippen LogP contribution in [0, 0.1) is 18.6 Å². The van der Waals surface area contributed by atoms with Crippen LogP contribution >= 0.6 is 11.6 Å². The van der Waals surface area contributed by atoms with Crippen LogP contribution < -0.4 is 10.6 Å². The van der Waals surface area contributed by atoms with E-state index in [1.165, 1.54) is 12.1 Å². The van der Waals surface area contributed by atoms with Crippen molar-refractivity contribution in [3.63, 3.8) is 0 Å². The van der Waals surface area contributed by atoms with Gasteiger partial charge < -0.3 is 20.2 Å². The number of fused-ring (bicyclic) bond motifs is 2. The number of aromatic nitrogens is 5. The van der Waals surface area contributed by atoms with Gasteiger partial charge in [-0.25, -0.2) is 18.7 Å². The first-order valence-corrected chi connectivity index (χ1v) is 14.7. The van der Waals surface area contributed by atoms with Crippen LogP contribution in [0.25, 0.3) is 44.6 Å². The lowest BCUT2D eigenvalue weighted by Gasteiger charge is -2.34. The van der Waals surface area contributed by atoms with Crippen LogP contribution in [-0.4, -0.2) is 43.6 Å². The van der Waals surface area contributed by atoms with Crippen molar-refractivity contribution in [1.29, 1.82) is 0 Å². The Kier molecular flexibility index (Phi) is 6.86. The zero-order valence-corrected chi connectivity index (χ0v) is 24.5. The number of imidazole rings is 1. The van der Waals surface area contributed by atoms with Crippen LogP contribution in [0.2, 0.25) is 5.02 Å². The molecule has 7 nitrogen and oxygen atoms in total. The average molecular weight is 598 g/mol. The number of aryl methyl sites for hydroxylation is 1. The molecule has 2 aromatic carbocycles. The van der Waals surface area contributed by atoms with Crippen molar-refractivity contribution in [2.75, 3.05) is 18.0 Å². The quantitative estimate of drug-likeness (QED) is 0.216. The Morgan fingerprint density at radius 2 is 1.74 bits per heavy atom. The second-order valence-electron chi connectivity index (χ2n) is 11.3. The van der Waals surface area contributed by atoms with Gasteiger partial charge >= 0.3 is 0 Å². The SMILES string of the molecule is Cc1ccc(C(C)n2cc(-c3nc4ccc(Cl)cc4[nH]3)c3c(N4CCC(N)CC4)c(-c4cc(F)cc(F)c4)cnc32)nc1. The van der Waals surface area contributed by atoms with Crippen molar-refractivity contribution in [2.45, 2.75) is 38.8 Å². The van der Waals surface area contributed by atoms with Gasteiger partial charge in [0.05, 0.1) is 33.8 Å². The zero-order chi connectivity index (χ0) is 29.8. The molecule has 1 unspecified atom stereocenters. The van der Waals surface area contributed by atoms with Crippen molar-refractivity contribution >= 4 is 39.4 Å². The van der Waals surface area contributed by atoms with Gasteiger partial charge in [-0.15, -0.1) is 0 Å². The number of nitrogens with two attached hydrogens (primary N) is 1. The molecule has 1 atom stereocenters. The maximum absolute atomic E-state index is 14.5. The predicted octanol–water partition coefficient (Wildman–Crippen LogP) is 7.42. The van der Waals surface area contributed by atoms with Crippen LogP contribution in [0.15, 0.2) is 67.1 Å². The minimum absolute atomic E-state index is 0.0977. The number of piperidine rings is 1. The van der Waals surface area contributed by atoms with Gasteiger partial charge in [-0.1, -0.05) is 17.7 Å². The average Bonchev–Trinajstić information content (AvgIpc) is 3.58. The number of hydrogen-bond acceptors (Lipinski definition) is 5. The van der Waals surface area contributed by atoms with E-state index in [0.29, 0.717) is 40.7 Å². The number of anilines is 1. The van der Waals surface area contributed by atoms with Crippen LogP contribution in [0.1, 0.15) is 37.1 Å². The molecular weight excluding hydrogens is 568 g/mol. The molecule has 218 valence electrons. The molecule has 10 heteroatoms. The van der Waals surface area contributed by atoms with E-state index in [0.717, 1.165) is 57.8 Å². The Morgan fingerprint density at radius 1 is 0.977 bits per heavy atom. The van der Waals surface area contributed by atoms with Crippen LogP contribution in [0.5, 0.6) is 0 Å². The van der Waals surface area contributed by atoms with Crippen molar-refractivity contribution in [3.8, 4) is 22.5 Å². The summed E-state index contributed by atoms with van der Waals surface area (Å²) in [5.41, 5.74) is 13.3. The monoisotopic (exact) mass is 597 g/mol. The molecule has 43 heavy (non-hydrogen) atoms. The van der Waals surface area contributed by atoms with Gasteiger partial charge in [0.1, 0.15) is 23.1 Å². The van der Waals surface area contributed by atoms with Gasteiger partial charge in [0.25, 0.3) is 0 Å². The molecule has 0 spiro atoms. The number of nitrogens with zero attached hydrogens (tertiary/aromatic N) is 5. The van der Waals surface area contributed by atoms with Crippen molar-refractivity contribution in [1.82, 2.24) is 24.5 Å². The second kappa shape index (κ2) is 10.7. The summed E-state index contributed by atoms with van der Waals surface area (Å²) >= 11 is 6.30. The molecular formula is C33H30ClF2N7. The van der Waals surface area contributed by atoms with Gasteiger partial charge in [-0.3, -0.25) is 4.98 Å². The molecule has 4 aromatic heterocycles. The minimum atomic E-state index is -0.646. The topological polar surface area (TPSA) is 88.7 Å². The van der Waals surface area contributed by atoms with Crippen molar-refractivity contribution in [2.24, 2.45) is 5.73 Å². The molecule has 1 aliphatic heterocycles. The fourth-order valence-corrected chi connectivity index (χ4v) is 6.20. The molecule has 0 radical (unpaired) electrons. The lowest BCUT2D eigenvalue weighted by atomic mass is 9.98. The number of nitrogens with one attached hydrogen (secondary N) is 1. The standard InChI is InChI=1S/C33H30ClF2N7/c1-18-3-5-27(38-15-18)19(2)43-17-26(32-40-28-6-4-21(34)13-29(28)41-32)30-31(42-9-7-24(37)8-10-42)25(16-39-33(30)43)20-11-22(35)14-23(36)12-20/h3-6,11-17,19,24H,7-10,37H2,1-2H3,(H,40,41). The van der Waals surface area contributed by atoms with E-state index in [-0.39, 0.29) is 12.1 Å². The third kappa shape index (κ3) is 5.02. The van der Waals surface area contributed by atoms with Crippen LogP contribution in [0.4, 0.5) is 14.5 Å². The first-order chi connectivity index (χ1) is 20.7. The second-order valence-corrected chi connectivity index (χ2v) is 11.8. The van der Waals surface area contributed by atoms with E-state index < -0.39 is 11.6 Å². The fraction of sp³-hybridized carbons (Fsp3) is 0.242. The van der Waals surface area contributed by atoms with Gasteiger partial charge in [0.15, 0.2) is 0 Å².